The predicted molar refractivity (Wildman–Crippen MR) is 209 cm³/mol. The van der Waals surface area contributed by atoms with Crippen molar-refractivity contribution in [2.75, 3.05) is 44.2 Å². The first-order valence-corrected chi connectivity index (χ1v) is 19.3. The Hall–Kier alpha value is -5.46. The number of amides is 3. The standard InChI is InChI=1S/C44H46F2N4O6/c1-2-34(28-7-4-3-5-8-28)40(29-10-14-31(51)15-11-29)30-12-16-33(17-13-30)56-24-6-9-32(52)26-48-20-22-49(23-21-48)42-37(45)25-35-36(41(42)46)27-50(44(35)55)38-18-19-39(53)47-43(38)54/h3-5,7-8,10-14,16-17,25,32,38,52H,2,6,9,15,18-24,26-27H2,1H3,(H,47,53,54)/b40-34-. The first-order valence-electron chi connectivity index (χ1n) is 19.3. The lowest BCUT2D eigenvalue weighted by atomic mass is 9.86. The normalized spacial score (nSPS) is 19.8. The number of benzene rings is 3. The number of aliphatic hydroxyl groups excluding tert-OH is 1. The molecule has 0 spiro atoms. The van der Waals surface area contributed by atoms with E-state index < -0.39 is 41.5 Å². The monoisotopic (exact) mass is 764 g/mol. The molecule has 7 rings (SSSR count). The van der Waals surface area contributed by atoms with Gasteiger partial charge in [-0.05, 0) is 77.8 Å². The lowest BCUT2D eigenvalue weighted by Crippen LogP contribution is -2.52. The first-order chi connectivity index (χ1) is 27.1. The van der Waals surface area contributed by atoms with Crippen LogP contribution in [0.3, 0.4) is 0 Å². The Bertz CT molecular complexity index is 2090. The summed E-state index contributed by atoms with van der Waals surface area (Å²) in [6, 6.07) is 18.4. The van der Waals surface area contributed by atoms with Gasteiger partial charge in [-0.25, -0.2) is 8.78 Å². The SMILES string of the molecule is CC/C(=C(\C1=CCC(=O)C=C1)c1ccc(OCCCC(O)CN2CCN(c3c(F)cc4c(c3F)CN(C3CCC(=O)NC3=O)C4=O)CC2)cc1)c1ccccc1. The van der Waals surface area contributed by atoms with Crippen molar-refractivity contribution in [1.29, 1.82) is 0 Å². The van der Waals surface area contributed by atoms with Gasteiger partial charge in [0.1, 0.15) is 23.3 Å². The number of carbonyl (C=O) groups is 4. The van der Waals surface area contributed by atoms with Crippen molar-refractivity contribution in [3.8, 4) is 5.75 Å². The van der Waals surface area contributed by atoms with E-state index in [2.05, 4.69) is 29.3 Å². The average molecular weight is 765 g/mol. The van der Waals surface area contributed by atoms with Crippen LogP contribution >= 0.6 is 0 Å². The molecule has 2 atom stereocenters. The summed E-state index contributed by atoms with van der Waals surface area (Å²) < 4.78 is 37.2. The Labute approximate surface area is 325 Å². The van der Waals surface area contributed by atoms with Crippen LogP contribution in [0.25, 0.3) is 11.1 Å². The molecule has 3 aromatic carbocycles. The Balaban J connectivity index is 0.893. The molecule has 4 aliphatic rings. The number of hydrogen-bond acceptors (Lipinski definition) is 8. The van der Waals surface area contributed by atoms with Crippen LogP contribution in [0.5, 0.6) is 5.75 Å². The smallest absolute Gasteiger partial charge is 0.255 e. The summed E-state index contributed by atoms with van der Waals surface area (Å²) in [5.74, 6) is -2.50. The topological polar surface area (TPSA) is 119 Å². The van der Waals surface area contributed by atoms with E-state index in [1.54, 1.807) is 11.0 Å². The molecule has 0 aromatic heterocycles. The first kappa shape index (κ1) is 38.8. The lowest BCUT2D eigenvalue weighted by Gasteiger charge is -2.37. The Morgan fingerprint density at radius 3 is 2.39 bits per heavy atom. The van der Waals surface area contributed by atoms with E-state index >= 15 is 8.78 Å². The molecule has 10 nitrogen and oxygen atoms in total. The molecule has 0 radical (unpaired) electrons. The summed E-state index contributed by atoms with van der Waals surface area (Å²) in [7, 11) is 0. The molecule has 3 aliphatic heterocycles. The third-order valence-corrected chi connectivity index (χ3v) is 11.0. The zero-order valence-electron chi connectivity index (χ0n) is 31.4. The summed E-state index contributed by atoms with van der Waals surface area (Å²) >= 11 is 0. The van der Waals surface area contributed by atoms with Gasteiger partial charge in [0.05, 0.1) is 24.8 Å². The number of nitrogens with zero attached hydrogens (tertiary/aromatic N) is 3. The summed E-state index contributed by atoms with van der Waals surface area (Å²) in [4.78, 5) is 53.9. The van der Waals surface area contributed by atoms with Crippen molar-refractivity contribution in [1.82, 2.24) is 15.1 Å². The molecule has 3 aromatic rings. The number of piperazine rings is 1. The van der Waals surface area contributed by atoms with Crippen molar-refractivity contribution < 1.29 is 37.8 Å². The number of anilines is 1. The van der Waals surface area contributed by atoms with Crippen LogP contribution in [-0.2, 0) is 20.9 Å². The number of fused-ring (bicyclic) bond motifs is 1. The number of β-amino-alcohol motifs (C(OH)–C–C–N with tert-alkyl or cyclic N) is 1. The van der Waals surface area contributed by atoms with Crippen LogP contribution in [0.1, 0.15) is 72.5 Å². The number of allylic oxidation sites excluding steroid dienone is 6. The maximum atomic E-state index is 15.9. The number of aliphatic hydroxyl groups is 1. The van der Waals surface area contributed by atoms with Crippen molar-refractivity contribution in [3.05, 3.63) is 118 Å². The zero-order chi connectivity index (χ0) is 39.3. The highest BCUT2D eigenvalue weighted by Crippen LogP contribution is 2.38. The van der Waals surface area contributed by atoms with Crippen molar-refractivity contribution in [3.63, 3.8) is 0 Å². The molecule has 292 valence electrons. The van der Waals surface area contributed by atoms with E-state index in [9.17, 15) is 24.3 Å². The zero-order valence-corrected chi connectivity index (χ0v) is 31.4. The Morgan fingerprint density at radius 2 is 1.71 bits per heavy atom. The maximum Gasteiger partial charge on any atom is 0.255 e. The van der Waals surface area contributed by atoms with Gasteiger partial charge in [0.15, 0.2) is 11.6 Å². The van der Waals surface area contributed by atoms with Crippen LogP contribution < -0.4 is 15.0 Å². The predicted octanol–water partition coefficient (Wildman–Crippen LogP) is 5.84. The Morgan fingerprint density at radius 1 is 0.964 bits per heavy atom. The van der Waals surface area contributed by atoms with Crippen LogP contribution in [0.2, 0.25) is 0 Å². The van der Waals surface area contributed by atoms with Gasteiger partial charge >= 0.3 is 0 Å². The molecular weight excluding hydrogens is 719 g/mol. The molecular formula is C44H46F2N4O6. The van der Waals surface area contributed by atoms with Crippen LogP contribution in [0, 0.1) is 11.6 Å². The minimum absolute atomic E-state index is 0.0515. The maximum absolute atomic E-state index is 15.9. The number of ketones is 1. The minimum atomic E-state index is -0.917. The number of piperidine rings is 1. The third kappa shape index (κ3) is 8.36. The van der Waals surface area contributed by atoms with Crippen LogP contribution in [0.15, 0.2) is 84.5 Å². The molecule has 2 N–H and O–H groups in total. The second kappa shape index (κ2) is 17.1. The molecule has 0 bridgehead atoms. The van der Waals surface area contributed by atoms with E-state index in [0.717, 1.165) is 40.5 Å². The number of ether oxygens (including phenoxy) is 1. The van der Waals surface area contributed by atoms with Crippen LogP contribution in [0.4, 0.5) is 14.5 Å². The van der Waals surface area contributed by atoms with E-state index in [1.807, 2.05) is 54.6 Å². The van der Waals surface area contributed by atoms with E-state index in [0.29, 0.717) is 58.6 Å². The quantitative estimate of drug-likeness (QED) is 0.127. The van der Waals surface area contributed by atoms with Gasteiger partial charge in [0.25, 0.3) is 5.91 Å². The fourth-order valence-corrected chi connectivity index (χ4v) is 8.08. The number of halogens is 2. The van der Waals surface area contributed by atoms with E-state index in [4.69, 9.17) is 4.74 Å². The number of carbonyl (C=O) groups excluding carboxylic acids is 4. The van der Waals surface area contributed by atoms with Crippen molar-refractivity contribution >= 4 is 40.3 Å². The van der Waals surface area contributed by atoms with Gasteiger partial charge < -0.3 is 19.6 Å². The third-order valence-electron chi connectivity index (χ3n) is 11.0. The average Bonchev–Trinajstić information content (AvgIpc) is 3.52. The molecule has 2 saturated heterocycles. The lowest BCUT2D eigenvalue weighted by molar-refractivity contribution is -0.137. The highest BCUT2D eigenvalue weighted by Gasteiger charge is 2.42. The second-order valence-corrected chi connectivity index (χ2v) is 14.6. The number of imide groups is 1. The molecule has 12 heteroatoms. The van der Waals surface area contributed by atoms with Gasteiger partial charge in [-0.1, -0.05) is 61.5 Å². The summed E-state index contributed by atoms with van der Waals surface area (Å²) in [5, 5.41) is 13.0. The van der Waals surface area contributed by atoms with Gasteiger partial charge in [-0.15, -0.1) is 0 Å². The van der Waals surface area contributed by atoms with Crippen LogP contribution in [-0.4, -0.2) is 89.9 Å². The highest BCUT2D eigenvalue weighted by atomic mass is 19.1. The summed E-state index contributed by atoms with van der Waals surface area (Å²) in [5.41, 5.74) is 5.24. The minimum Gasteiger partial charge on any atom is -0.494 e. The number of hydrogen-bond donors (Lipinski definition) is 2. The molecule has 56 heavy (non-hydrogen) atoms. The molecule has 3 heterocycles. The van der Waals surface area contributed by atoms with E-state index in [-0.39, 0.29) is 42.0 Å². The van der Waals surface area contributed by atoms with E-state index in [1.165, 1.54) is 10.5 Å². The molecule has 0 saturated carbocycles. The fourth-order valence-electron chi connectivity index (χ4n) is 8.08. The molecule has 2 fully saturated rings. The number of rotatable bonds is 13. The molecule has 3 amide bonds. The fraction of sp³-hybridized carbons (Fsp3) is 0.364. The van der Waals surface area contributed by atoms with Crippen molar-refractivity contribution in [2.24, 2.45) is 0 Å². The number of nitrogens with one attached hydrogen (secondary N) is 1. The highest BCUT2D eigenvalue weighted by molar-refractivity contribution is 6.06. The second-order valence-electron chi connectivity index (χ2n) is 14.6. The molecule has 2 unspecified atom stereocenters. The summed E-state index contributed by atoms with van der Waals surface area (Å²) in [6.07, 6.45) is 7.47. The summed E-state index contributed by atoms with van der Waals surface area (Å²) in [6.45, 7) is 4.44. The van der Waals surface area contributed by atoms with Gasteiger partial charge in [-0.3, -0.25) is 29.4 Å². The van der Waals surface area contributed by atoms with Gasteiger partial charge in [-0.2, -0.15) is 0 Å². The Kier molecular flexibility index (Phi) is 11.9. The largest absolute Gasteiger partial charge is 0.494 e. The van der Waals surface area contributed by atoms with Gasteiger partial charge in [0.2, 0.25) is 11.8 Å². The van der Waals surface area contributed by atoms with Gasteiger partial charge in [0, 0.05) is 51.1 Å². The molecule has 1 aliphatic carbocycles. The van der Waals surface area contributed by atoms with Crippen molar-refractivity contribution in [2.45, 2.75) is 64.1 Å².